The van der Waals surface area contributed by atoms with E-state index in [4.69, 9.17) is 0 Å². The van der Waals surface area contributed by atoms with Gasteiger partial charge in [0, 0.05) is 0 Å². The van der Waals surface area contributed by atoms with Crippen molar-refractivity contribution in [3.63, 3.8) is 0 Å². The van der Waals surface area contributed by atoms with E-state index >= 15 is 0 Å². The fourth-order valence-corrected chi connectivity index (χ4v) is 2.88. The monoisotopic (exact) mass is 136 g/mol. The van der Waals surface area contributed by atoms with E-state index in [1.807, 2.05) is 0 Å². The third-order valence-electron chi connectivity index (χ3n) is 3.54. The first-order valence-corrected chi connectivity index (χ1v) is 4.37. The largest absolute Gasteiger partial charge is 0.0876 e. The molecule has 2 aliphatic rings. The van der Waals surface area contributed by atoms with Crippen LogP contribution in [0, 0.1) is 17.3 Å². The molecule has 0 bridgehead atoms. The van der Waals surface area contributed by atoms with Gasteiger partial charge in [-0.1, -0.05) is 25.5 Å². The quantitative estimate of drug-likeness (QED) is 0.449. The molecule has 0 heterocycles. The van der Waals surface area contributed by atoms with Gasteiger partial charge in [0.15, 0.2) is 0 Å². The van der Waals surface area contributed by atoms with E-state index in [2.05, 4.69) is 26.8 Å². The second kappa shape index (κ2) is 1.66. The van der Waals surface area contributed by atoms with Gasteiger partial charge in [-0.15, -0.1) is 0 Å². The van der Waals surface area contributed by atoms with E-state index in [0.29, 0.717) is 0 Å². The minimum Gasteiger partial charge on any atom is -0.0876 e. The van der Waals surface area contributed by atoms with Crippen molar-refractivity contribution in [1.29, 1.82) is 0 Å². The Balaban J connectivity index is 2.18. The number of hydrogen-bond donors (Lipinski definition) is 0. The summed E-state index contributed by atoms with van der Waals surface area (Å²) in [5.41, 5.74) is 2.48. The van der Waals surface area contributed by atoms with Gasteiger partial charge >= 0.3 is 0 Å². The molecule has 0 radical (unpaired) electrons. The molecule has 0 amide bonds. The average Bonchev–Trinajstić information content (AvgIpc) is 2.45. The van der Waals surface area contributed by atoms with Crippen LogP contribution in [0.15, 0.2) is 11.6 Å². The highest BCUT2D eigenvalue weighted by Gasteiger charge is 2.60. The molecule has 56 valence electrons. The molecule has 0 aliphatic heterocycles. The smallest absolute Gasteiger partial charge is 0.00512 e. The molecular formula is C10H16. The zero-order valence-electron chi connectivity index (χ0n) is 7.15. The third-order valence-corrected chi connectivity index (χ3v) is 3.54. The lowest BCUT2D eigenvalue weighted by Gasteiger charge is -2.38. The Bertz CT molecular complexity index is 190. The zero-order valence-corrected chi connectivity index (χ0v) is 7.15. The summed E-state index contributed by atoms with van der Waals surface area (Å²) < 4.78 is 0. The van der Waals surface area contributed by atoms with Gasteiger partial charge in [0.25, 0.3) is 0 Å². The molecule has 0 nitrogen and oxygen atoms in total. The van der Waals surface area contributed by atoms with Crippen molar-refractivity contribution in [3.05, 3.63) is 11.6 Å². The van der Waals surface area contributed by atoms with Gasteiger partial charge in [-0.05, 0) is 37.0 Å². The number of hydrogen-bond acceptors (Lipinski definition) is 0. The predicted octanol–water partition coefficient (Wildman–Crippen LogP) is 3.00. The van der Waals surface area contributed by atoms with Crippen molar-refractivity contribution < 1.29 is 0 Å². The first kappa shape index (κ1) is 6.45. The third kappa shape index (κ3) is 0.531. The molecule has 3 unspecified atom stereocenters. The van der Waals surface area contributed by atoms with Gasteiger partial charge in [-0.3, -0.25) is 0 Å². The highest BCUT2D eigenvalue weighted by molar-refractivity contribution is 5.34. The molecule has 3 atom stereocenters. The fourth-order valence-electron chi connectivity index (χ4n) is 2.88. The Morgan fingerprint density at radius 3 is 2.20 bits per heavy atom. The molecule has 0 heteroatoms. The Labute approximate surface area is 63.3 Å². The molecule has 2 rings (SSSR count). The first-order chi connectivity index (χ1) is 4.70. The van der Waals surface area contributed by atoms with Gasteiger partial charge < -0.3 is 0 Å². The van der Waals surface area contributed by atoms with Crippen LogP contribution in [0.2, 0.25) is 0 Å². The SMILES string of the molecule is CC=C1C(C)CC12CC2C. The second-order valence-corrected chi connectivity index (χ2v) is 4.11. The molecular weight excluding hydrogens is 120 g/mol. The molecule has 0 saturated heterocycles. The van der Waals surface area contributed by atoms with E-state index in [0.717, 1.165) is 17.3 Å². The maximum Gasteiger partial charge on any atom is -0.00512 e. The molecule has 0 aromatic carbocycles. The van der Waals surface area contributed by atoms with E-state index in [1.165, 1.54) is 12.8 Å². The summed E-state index contributed by atoms with van der Waals surface area (Å²) in [5, 5.41) is 0. The Morgan fingerprint density at radius 1 is 1.40 bits per heavy atom. The van der Waals surface area contributed by atoms with Crippen LogP contribution in [0.1, 0.15) is 33.6 Å². The van der Waals surface area contributed by atoms with E-state index in [-0.39, 0.29) is 0 Å². The molecule has 2 aliphatic carbocycles. The van der Waals surface area contributed by atoms with Crippen LogP contribution < -0.4 is 0 Å². The summed E-state index contributed by atoms with van der Waals surface area (Å²) in [7, 11) is 0. The zero-order chi connectivity index (χ0) is 7.35. The summed E-state index contributed by atoms with van der Waals surface area (Å²) in [5.74, 6) is 1.89. The number of allylic oxidation sites excluding steroid dienone is 2. The molecule has 2 fully saturated rings. The van der Waals surface area contributed by atoms with E-state index in [9.17, 15) is 0 Å². The summed E-state index contributed by atoms with van der Waals surface area (Å²) >= 11 is 0. The topological polar surface area (TPSA) is 0 Å². The molecule has 10 heavy (non-hydrogen) atoms. The maximum atomic E-state index is 2.38. The maximum absolute atomic E-state index is 2.38. The molecule has 0 aromatic rings. The lowest BCUT2D eigenvalue weighted by Crippen LogP contribution is -2.28. The van der Waals surface area contributed by atoms with Crippen LogP contribution >= 0.6 is 0 Å². The Hall–Kier alpha value is -0.260. The van der Waals surface area contributed by atoms with Gasteiger partial charge in [0.2, 0.25) is 0 Å². The van der Waals surface area contributed by atoms with E-state index < -0.39 is 0 Å². The molecule has 1 spiro atoms. The van der Waals surface area contributed by atoms with Crippen LogP contribution in [-0.4, -0.2) is 0 Å². The van der Waals surface area contributed by atoms with Crippen molar-refractivity contribution in [2.75, 3.05) is 0 Å². The highest BCUT2D eigenvalue weighted by Crippen LogP contribution is 2.70. The number of rotatable bonds is 0. The fraction of sp³-hybridized carbons (Fsp3) is 0.800. The minimum absolute atomic E-state index is 0.730. The highest BCUT2D eigenvalue weighted by atomic mass is 14.6. The Kier molecular flexibility index (Phi) is 1.07. The van der Waals surface area contributed by atoms with Gasteiger partial charge in [0.1, 0.15) is 0 Å². The second-order valence-electron chi connectivity index (χ2n) is 4.11. The van der Waals surface area contributed by atoms with Crippen LogP contribution in [0.25, 0.3) is 0 Å². The van der Waals surface area contributed by atoms with Gasteiger partial charge in [0.05, 0.1) is 0 Å². The van der Waals surface area contributed by atoms with Crippen molar-refractivity contribution in [1.82, 2.24) is 0 Å². The lowest BCUT2D eigenvalue weighted by molar-refractivity contribution is 0.291. The summed E-state index contributed by atoms with van der Waals surface area (Å²) in [6, 6.07) is 0. The molecule has 0 aromatic heterocycles. The standard InChI is InChI=1S/C10H16/c1-4-9-7(2)5-10(9)6-8(10)3/h4,7-8H,5-6H2,1-3H3. The predicted molar refractivity (Wildman–Crippen MR) is 43.8 cm³/mol. The van der Waals surface area contributed by atoms with Crippen LogP contribution in [0.3, 0.4) is 0 Å². The summed E-state index contributed by atoms with van der Waals surface area (Å²) in [6.07, 6.45) is 5.28. The average molecular weight is 136 g/mol. The van der Waals surface area contributed by atoms with Crippen molar-refractivity contribution in [2.45, 2.75) is 33.6 Å². The molecule has 2 saturated carbocycles. The molecule has 0 N–H and O–H groups in total. The van der Waals surface area contributed by atoms with Crippen molar-refractivity contribution in [2.24, 2.45) is 17.3 Å². The summed E-state index contributed by atoms with van der Waals surface area (Å²) in [6.45, 7) is 6.93. The normalized spacial score (nSPS) is 55.3. The first-order valence-electron chi connectivity index (χ1n) is 4.37. The lowest BCUT2D eigenvalue weighted by atomic mass is 9.66. The van der Waals surface area contributed by atoms with Gasteiger partial charge in [-0.2, -0.15) is 0 Å². The van der Waals surface area contributed by atoms with Crippen LogP contribution in [0.4, 0.5) is 0 Å². The van der Waals surface area contributed by atoms with Crippen molar-refractivity contribution >= 4 is 0 Å². The van der Waals surface area contributed by atoms with E-state index in [1.54, 1.807) is 5.57 Å². The van der Waals surface area contributed by atoms with Crippen LogP contribution in [-0.2, 0) is 0 Å². The Morgan fingerprint density at radius 2 is 2.00 bits per heavy atom. The van der Waals surface area contributed by atoms with Crippen molar-refractivity contribution in [3.8, 4) is 0 Å². The van der Waals surface area contributed by atoms with Crippen LogP contribution in [0.5, 0.6) is 0 Å². The van der Waals surface area contributed by atoms with Gasteiger partial charge in [-0.25, -0.2) is 0 Å². The minimum atomic E-state index is 0.730. The summed E-state index contributed by atoms with van der Waals surface area (Å²) in [4.78, 5) is 0.